The predicted octanol–water partition coefficient (Wildman–Crippen LogP) is 5.13. The van der Waals surface area contributed by atoms with Gasteiger partial charge in [-0.1, -0.05) is 52.0 Å². The van der Waals surface area contributed by atoms with Gasteiger partial charge in [0, 0.05) is 35.5 Å². The number of piperidine rings is 1. The number of benzene rings is 2. The molecule has 0 radical (unpaired) electrons. The SMILES string of the molecule is CCCC(=O)c1ccc(C(=O)N2CC[C@@]3(C)c4cccc(O)c4C[C@@H]2C3(C)C)cc1. The molecule has 2 bridgehead atoms. The summed E-state index contributed by atoms with van der Waals surface area (Å²) in [5.74, 6) is 0.446. The van der Waals surface area contributed by atoms with E-state index in [9.17, 15) is 14.7 Å². The van der Waals surface area contributed by atoms with Crippen LogP contribution in [-0.4, -0.2) is 34.3 Å². The molecule has 4 rings (SSSR count). The first kappa shape index (κ1) is 20.6. The van der Waals surface area contributed by atoms with E-state index in [4.69, 9.17) is 0 Å². The van der Waals surface area contributed by atoms with Crippen LogP contribution in [0.15, 0.2) is 42.5 Å². The molecule has 0 unspecified atom stereocenters. The molecule has 0 saturated carbocycles. The number of hydrogen-bond donors (Lipinski definition) is 1. The Bertz CT molecular complexity index is 992. The van der Waals surface area contributed by atoms with Crippen molar-refractivity contribution < 1.29 is 14.7 Å². The van der Waals surface area contributed by atoms with E-state index >= 15 is 0 Å². The molecule has 1 aliphatic carbocycles. The molecule has 0 spiro atoms. The maximum atomic E-state index is 13.5. The smallest absolute Gasteiger partial charge is 0.254 e. The zero-order chi connectivity index (χ0) is 21.7. The van der Waals surface area contributed by atoms with E-state index in [-0.39, 0.29) is 28.6 Å². The Kier molecular flexibility index (Phi) is 5.00. The maximum absolute atomic E-state index is 13.5. The van der Waals surface area contributed by atoms with Crippen molar-refractivity contribution in [2.24, 2.45) is 5.41 Å². The van der Waals surface area contributed by atoms with Crippen molar-refractivity contribution in [3.63, 3.8) is 0 Å². The van der Waals surface area contributed by atoms with Gasteiger partial charge >= 0.3 is 0 Å². The number of Topliss-reactive ketones (excluding diaryl/α,β-unsaturated/α-hetero) is 1. The molecular weight excluding hydrogens is 374 g/mol. The Morgan fingerprint density at radius 2 is 1.73 bits per heavy atom. The van der Waals surface area contributed by atoms with Crippen molar-refractivity contribution in [3.05, 3.63) is 64.7 Å². The molecule has 30 heavy (non-hydrogen) atoms. The number of phenols is 1. The number of hydrogen-bond acceptors (Lipinski definition) is 3. The van der Waals surface area contributed by atoms with Gasteiger partial charge in [-0.2, -0.15) is 0 Å². The van der Waals surface area contributed by atoms with Crippen molar-refractivity contribution in [1.29, 1.82) is 0 Å². The van der Waals surface area contributed by atoms with Crippen LogP contribution in [0.2, 0.25) is 0 Å². The van der Waals surface area contributed by atoms with Gasteiger partial charge in [-0.05, 0) is 54.0 Å². The number of carbonyl (C=O) groups is 2. The summed E-state index contributed by atoms with van der Waals surface area (Å²) in [4.78, 5) is 27.6. The van der Waals surface area contributed by atoms with Crippen LogP contribution in [0.25, 0.3) is 0 Å². The summed E-state index contributed by atoms with van der Waals surface area (Å²) in [6, 6.07) is 12.9. The Morgan fingerprint density at radius 1 is 1.07 bits per heavy atom. The summed E-state index contributed by atoms with van der Waals surface area (Å²) >= 11 is 0. The highest BCUT2D eigenvalue weighted by atomic mass is 16.3. The minimum absolute atomic E-state index is 0.00323. The Balaban J connectivity index is 1.67. The first-order valence-electron chi connectivity index (χ1n) is 11.0. The normalized spacial score (nSPS) is 24.3. The second-order valence-corrected chi connectivity index (χ2v) is 9.58. The minimum Gasteiger partial charge on any atom is -0.508 e. The molecule has 1 N–H and O–H groups in total. The van der Waals surface area contributed by atoms with Crippen molar-refractivity contribution in [3.8, 4) is 5.75 Å². The fourth-order valence-electron chi connectivity index (χ4n) is 5.50. The third-order valence-electron chi connectivity index (χ3n) is 7.82. The highest BCUT2D eigenvalue weighted by molar-refractivity contribution is 5.99. The molecule has 2 atom stereocenters. The van der Waals surface area contributed by atoms with Gasteiger partial charge in [0.05, 0.1) is 0 Å². The second kappa shape index (κ2) is 7.26. The molecule has 158 valence electrons. The molecular formula is C26H31NO3. The van der Waals surface area contributed by atoms with Crippen LogP contribution in [0.4, 0.5) is 0 Å². The number of nitrogens with zero attached hydrogens (tertiary/aromatic N) is 1. The predicted molar refractivity (Wildman–Crippen MR) is 118 cm³/mol. The zero-order valence-electron chi connectivity index (χ0n) is 18.4. The molecule has 2 aromatic carbocycles. The lowest BCUT2D eigenvalue weighted by Gasteiger charge is -2.60. The molecule has 1 heterocycles. The van der Waals surface area contributed by atoms with Gasteiger partial charge in [0.15, 0.2) is 5.78 Å². The standard InChI is InChI=1S/C26H31NO3/c1-5-7-21(28)17-10-12-18(13-11-17)24(30)27-15-14-26(4)20-8-6-9-22(29)19(20)16-23(27)25(26,2)3/h6,8-13,23,29H,5,7,14-16H2,1-4H3/t23-,26+/m1/s1. The van der Waals surface area contributed by atoms with Crippen LogP contribution >= 0.6 is 0 Å². The van der Waals surface area contributed by atoms with Crippen molar-refractivity contribution in [1.82, 2.24) is 4.90 Å². The first-order valence-corrected chi connectivity index (χ1v) is 11.0. The number of amides is 1. The van der Waals surface area contributed by atoms with Gasteiger partial charge in [0.2, 0.25) is 0 Å². The van der Waals surface area contributed by atoms with E-state index in [0.29, 0.717) is 36.3 Å². The average molecular weight is 406 g/mol. The first-order chi connectivity index (χ1) is 14.2. The van der Waals surface area contributed by atoms with Gasteiger partial charge in [0.25, 0.3) is 5.91 Å². The number of rotatable bonds is 4. The lowest BCUT2D eigenvalue weighted by molar-refractivity contribution is -0.0266. The Hall–Kier alpha value is -2.62. The zero-order valence-corrected chi connectivity index (χ0v) is 18.4. The molecule has 1 aliphatic heterocycles. The molecule has 2 aliphatic rings. The lowest BCUT2D eigenvalue weighted by atomic mass is 9.51. The van der Waals surface area contributed by atoms with Crippen LogP contribution < -0.4 is 0 Å². The van der Waals surface area contributed by atoms with E-state index in [1.54, 1.807) is 30.3 Å². The number of aromatic hydroxyl groups is 1. The van der Waals surface area contributed by atoms with Crippen LogP contribution in [0.3, 0.4) is 0 Å². The number of phenolic OH excluding ortho intramolecular Hbond substituents is 1. The number of carbonyl (C=O) groups excluding carboxylic acids is 2. The van der Waals surface area contributed by atoms with Crippen LogP contribution in [0.5, 0.6) is 5.75 Å². The van der Waals surface area contributed by atoms with Crippen molar-refractivity contribution in [2.75, 3.05) is 6.54 Å². The summed E-state index contributed by atoms with van der Waals surface area (Å²) in [6.07, 6.45) is 2.85. The fourth-order valence-corrected chi connectivity index (χ4v) is 5.50. The second-order valence-electron chi connectivity index (χ2n) is 9.58. The van der Waals surface area contributed by atoms with E-state index in [1.807, 2.05) is 17.9 Å². The van der Waals surface area contributed by atoms with Crippen molar-refractivity contribution in [2.45, 2.75) is 64.8 Å². The van der Waals surface area contributed by atoms with E-state index < -0.39 is 0 Å². The summed E-state index contributed by atoms with van der Waals surface area (Å²) in [5.41, 5.74) is 3.25. The molecule has 1 saturated heterocycles. The largest absolute Gasteiger partial charge is 0.508 e. The quantitative estimate of drug-likeness (QED) is 0.718. The number of ketones is 1. The third-order valence-corrected chi connectivity index (χ3v) is 7.82. The highest BCUT2D eigenvalue weighted by Gasteiger charge is 2.57. The van der Waals surface area contributed by atoms with E-state index in [1.165, 1.54) is 5.56 Å². The Morgan fingerprint density at radius 3 is 2.40 bits per heavy atom. The molecule has 1 amide bonds. The van der Waals surface area contributed by atoms with Crippen LogP contribution in [0, 0.1) is 5.41 Å². The summed E-state index contributed by atoms with van der Waals surface area (Å²) < 4.78 is 0. The lowest BCUT2D eigenvalue weighted by Crippen LogP contribution is -2.64. The Labute approximate surface area is 178 Å². The topological polar surface area (TPSA) is 57.6 Å². The van der Waals surface area contributed by atoms with Crippen LogP contribution in [-0.2, 0) is 11.8 Å². The minimum atomic E-state index is -0.126. The van der Waals surface area contributed by atoms with E-state index in [0.717, 1.165) is 18.4 Å². The summed E-state index contributed by atoms with van der Waals surface area (Å²) in [6.45, 7) is 9.44. The van der Waals surface area contributed by atoms with Gasteiger partial charge in [0.1, 0.15) is 5.75 Å². The average Bonchev–Trinajstić information content (AvgIpc) is 2.71. The highest BCUT2D eigenvalue weighted by Crippen LogP contribution is 2.57. The third kappa shape index (κ3) is 2.96. The molecule has 1 fully saturated rings. The molecule has 2 aromatic rings. The molecule has 0 aromatic heterocycles. The van der Waals surface area contributed by atoms with E-state index in [2.05, 4.69) is 26.8 Å². The molecule has 4 heteroatoms. The fraction of sp³-hybridized carbons (Fsp3) is 0.462. The number of likely N-dealkylation sites (tertiary alicyclic amines) is 1. The van der Waals surface area contributed by atoms with Gasteiger partial charge in [-0.15, -0.1) is 0 Å². The number of fused-ring (bicyclic) bond motifs is 4. The van der Waals surface area contributed by atoms with Crippen molar-refractivity contribution >= 4 is 11.7 Å². The van der Waals surface area contributed by atoms with Gasteiger partial charge in [-0.3, -0.25) is 9.59 Å². The van der Waals surface area contributed by atoms with Crippen LogP contribution in [0.1, 0.15) is 78.8 Å². The van der Waals surface area contributed by atoms with Gasteiger partial charge in [-0.25, -0.2) is 0 Å². The summed E-state index contributed by atoms with van der Waals surface area (Å²) in [7, 11) is 0. The molecule has 4 nitrogen and oxygen atoms in total. The monoisotopic (exact) mass is 405 g/mol. The summed E-state index contributed by atoms with van der Waals surface area (Å²) in [5, 5.41) is 10.5. The maximum Gasteiger partial charge on any atom is 0.254 e. The van der Waals surface area contributed by atoms with Gasteiger partial charge < -0.3 is 10.0 Å².